The molecule has 0 saturated carbocycles. The van der Waals surface area contributed by atoms with Crippen LogP contribution in [0.2, 0.25) is 0 Å². The van der Waals surface area contributed by atoms with Crippen molar-refractivity contribution >= 4 is 0 Å². The molecule has 0 bridgehead atoms. The van der Waals surface area contributed by atoms with E-state index in [-0.39, 0.29) is 63.4 Å². The van der Waals surface area contributed by atoms with Crippen LogP contribution in [0.1, 0.15) is 11.1 Å². The van der Waals surface area contributed by atoms with Crippen molar-refractivity contribution in [2.45, 2.75) is 6.42 Å². The molecule has 0 unspecified atom stereocenters. The van der Waals surface area contributed by atoms with Gasteiger partial charge in [0.05, 0.1) is 0 Å². The van der Waals surface area contributed by atoms with Crippen molar-refractivity contribution in [1.82, 2.24) is 9.97 Å². The minimum absolute atomic E-state index is 0. The fourth-order valence-electron chi connectivity index (χ4n) is 1.45. The summed E-state index contributed by atoms with van der Waals surface area (Å²) >= 11 is 0. The van der Waals surface area contributed by atoms with Gasteiger partial charge in [-0.25, -0.2) is 4.79 Å². The molecule has 6 heteroatoms. The molecule has 0 spiro atoms. The van der Waals surface area contributed by atoms with Crippen LogP contribution in [0.15, 0.2) is 39.9 Å². The van der Waals surface area contributed by atoms with Gasteiger partial charge < -0.3 is 10.1 Å². The van der Waals surface area contributed by atoms with Crippen molar-refractivity contribution in [3.05, 3.63) is 62.3 Å². The summed E-state index contributed by atoms with van der Waals surface area (Å²) in [6.07, 6.45) is 0.214. The van der Waals surface area contributed by atoms with Crippen LogP contribution in [0.3, 0.4) is 0 Å². The molecule has 82 valence electrons. The molecule has 1 aromatic carbocycles. The van der Waals surface area contributed by atoms with Gasteiger partial charge in [-0.2, -0.15) is 0 Å². The number of nitrogens with one attached hydrogen (secondary N) is 2. The topological polar surface area (TPSA) is 88.8 Å². The van der Waals surface area contributed by atoms with E-state index in [1.165, 1.54) is 0 Å². The van der Waals surface area contributed by atoms with Crippen LogP contribution in [0.5, 0.6) is 5.88 Å². The Morgan fingerprint density at radius 3 is 2.29 bits per heavy atom. The van der Waals surface area contributed by atoms with E-state index in [9.17, 15) is 14.7 Å². The number of rotatable bonds is 2. The molecule has 0 saturated heterocycles. The third-order valence-corrected chi connectivity index (χ3v) is 2.23. The summed E-state index contributed by atoms with van der Waals surface area (Å²) in [5.41, 5.74) is -0.507. The minimum atomic E-state index is -0.771. The van der Waals surface area contributed by atoms with Gasteiger partial charge in [0.15, 0.2) is 0 Å². The number of hydrogen-bond donors (Lipinski definition) is 2. The fraction of sp³-hybridized carbons (Fsp3) is 0.0909. The summed E-state index contributed by atoms with van der Waals surface area (Å²) in [4.78, 5) is 26.3. The quantitative estimate of drug-likeness (QED) is 0.553. The molecule has 2 N–H and O–H groups in total. The minimum Gasteiger partial charge on any atom is -0.860 e. The second kappa shape index (κ2) is 6.32. The van der Waals surface area contributed by atoms with Crippen LogP contribution in [-0.2, 0) is 6.42 Å². The third-order valence-electron chi connectivity index (χ3n) is 2.23. The zero-order valence-electron chi connectivity index (χ0n) is 9.32. The van der Waals surface area contributed by atoms with Crippen LogP contribution < -0.4 is 67.7 Å². The van der Waals surface area contributed by atoms with Gasteiger partial charge >= 0.3 is 57.1 Å². The van der Waals surface area contributed by atoms with Gasteiger partial charge in [-0.05, 0) is 11.4 Å². The van der Waals surface area contributed by atoms with E-state index >= 15 is 0 Å². The molecular formula is C11H9KN2O3. The zero-order chi connectivity index (χ0) is 11.5. The molecule has 0 radical (unpaired) electrons. The van der Waals surface area contributed by atoms with E-state index < -0.39 is 17.1 Å². The van der Waals surface area contributed by atoms with Gasteiger partial charge in [0, 0.05) is 12.0 Å². The van der Waals surface area contributed by atoms with Gasteiger partial charge in [0.2, 0.25) is 0 Å². The number of aromatic amines is 2. The predicted octanol–water partition coefficient (Wildman–Crippen LogP) is -3.27. The SMILES string of the molecule is O=c1[nH]c([O-])c(Cc2ccccc2)c(=O)[nH]1.[K+]. The third kappa shape index (κ3) is 3.65. The first-order valence-corrected chi connectivity index (χ1v) is 4.73. The maximum absolute atomic E-state index is 11.4. The Kier molecular flexibility index (Phi) is 5.35. The van der Waals surface area contributed by atoms with E-state index in [4.69, 9.17) is 0 Å². The predicted molar refractivity (Wildman–Crippen MR) is 56.4 cm³/mol. The zero-order valence-corrected chi connectivity index (χ0v) is 12.4. The van der Waals surface area contributed by atoms with Crippen molar-refractivity contribution in [3.8, 4) is 5.88 Å². The maximum atomic E-state index is 11.4. The largest absolute Gasteiger partial charge is 1.00 e. The Morgan fingerprint density at radius 2 is 1.71 bits per heavy atom. The van der Waals surface area contributed by atoms with E-state index in [1.54, 1.807) is 0 Å². The summed E-state index contributed by atoms with van der Waals surface area (Å²) in [7, 11) is 0. The molecule has 2 aromatic rings. The Labute approximate surface area is 139 Å². The molecular weight excluding hydrogens is 247 g/mol. The maximum Gasteiger partial charge on any atom is 1.00 e. The summed E-state index contributed by atoms with van der Waals surface area (Å²) < 4.78 is 0. The Morgan fingerprint density at radius 1 is 1.06 bits per heavy atom. The molecule has 17 heavy (non-hydrogen) atoms. The van der Waals surface area contributed by atoms with Gasteiger partial charge in [0.25, 0.3) is 5.56 Å². The van der Waals surface area contributed by atoms with Crippen molar-refractivity contribution in [1.29, 1.82) is 0 Å². The van der Waals surface area contributed by atoms with Gasteiger partial charge in [0.1, 0.15) is 0 Å². The molecule has 1 heterocycles. The number of benzene rings is 1. The summed E-state index contributed by atoms with van der Waals surface area (Å²) in [6, 6.07) is 9.10. The molecule has 0 fully saturated rings. The summed E-state index contributed by atoms with van der Waals surface area (Å²) in [5.74, 6) is -0.627. The standard InChI is InChI=1S/C11H10N2O3.K/c14-9-8(10(15)13-11(16)12-9)6-7-4-2-1-3-5-7;/h1-5H,6H2,(H3,12,13,14,15,16);/q;+1/p-1. The first-order chi connectivity index (χ1) is 7.66. The first kappa shape index (κ1) is 14.4. The van der Waals surface area contributed by atoms with Crippen molar-refractivity contribution in [2.24, 2.45) is 0 Å². The molecule has 0 atom stereocenters. The second-order valence-corrected chi connectivity index (χ2v) is 3.38. The summed E-state index contributed by atoms with van der Waals surface area (Å²) in [5, 5.41) is 11.4. The van der Waals surface area contributed by atoms with E-state index in [1.807, 2.05) is 40.3 Å². The van der Waals surface area contributed by atoms with Crippen molar-refractivity contribution in [2.75, 3.05) is 0 Å². The van der Waals surface area contributed by atoms with Crippen LogP contribution in [-0.4, -0.2) is 9.97 Å². The van der Waals surface area contributed by atoms with Crippen LogP contribution in [0.4, 0.5) is 0 Å². The molecule has 0 amide bonds. The Balaban J connectivity index is 0.00000144. The average molecular weight is 256 g/mol. The van der Waals surface area contributed by atoms with E-state index in [0.717, 1.165) is 5.56 Å². The molecule has 2 rings (SSSR count). The smallest absolute Gasteiger partial charge is 0.860 e. The monoisotopic (exact) mass is 256 g/mol. The molecule has 0 aliphatic carbocycles. The van der Waals surface area contributed by atoms with Crippen LogP contribution in [0, 0.1) is 0 Å². The van der Waals surface area contributed by atoms with E-state index in [0.29, 0.717) is 0 Å². The normalized spacial score (nSPS) is 9.65. The Hall–Kier alpha value is -0.664. The van der Waals surface area contributed by atoms with Gasteiger partial charge in [-0.15, -0.1) is 0 Å². The average Bonchev–Trinajstić information content (AvgIpc) is 2.25. The number of H-pyrrole nitrogens is 2. The summed E-state index contributed by atoms with van der Waals surface area (Å²) in [6.45, 7) is 0. The molecule has 0 aliphatic rings. The number of aromatic nitrogens is 2. The van der Waals surface area contributed by atoms with Gasteiger partial charge in [-0.3, -0.25) is 9.78 Å². The van der Waals surface area contributed by atoms with Crippen molar-refractivity contribution in [3.63, 3.8) is 0 Å². The van der Waals surface area contributed by atoms with E-state index in [2.05, 4.69) is 0 Å². The molecule has 0 aliphatic heterocycles. The number of hydrogen-bond acceptors (Lipinski definition) is 3. The van der Waals surface area contributed by atoms with Crippen LogP contribution in [0.25, 0.3) is 0 Å². The molecule has 5 nitrogen and oxygen atoms in total. The first-order valence-electron chi connectivity index (χ1n) is 4.73. The van der Waals surface area contributed by atoms with Crippen LogP contribution >= 0.6 is 0 Å². The molecule has 1 aromatic heterocycles. The second-order valence-electron chi connectivity index (χ2n) is 3.38. The van der Waals surface area contributed by atoms with Crippen molar-refractivity contribution < 1.29 is 56.5 Å². The Bertz CT molecular complexity index is 604. The van der Waals surface area contributed by atoms with Gasteiger partial charge in [-0.1, -0.05) is 30.3 Å². The fourth-order valence-corrected chi connectivity index (χ4v) is 1.45.